The molecule has 0 radical (unpaired) electrons. The Labute approximate surface area is 55.8 Å². The second-order valence-electron chi connectivity index (χ2n) is 2.27. The monoisotopic (exact) mass is 126 g/mol. The summed E-state index contributed by atoms with van der Waals surface area (Å²) < 4.78 is 0. The van der Waals surface area contributed by atoms with E-state index in [-0.39, 0.29) is 5.88 Å². The molecule has 0 aromatic rings. The van der Waals surface area contributed by atoms with E-state index >= 15 is 0 Å². The van der Waals surface area contributed by atoms with E-state index in [1.807, 2.05) is 4.90 Å². The molecule has 1 heterocycles. The van der Waals surface area contributed by atoms with E-state index in [1.165, 1.54) is 0 Å². The Hall–Kier alpha value is -0.790. The molecule has 1 N–H and O–H groups in total. The maximum Gasteiger partial charge on any atom is 0.179 e. The molecule has 9 heavy (non-hydrogen) atoms. The lowest BCUT2D eigenvalue weighted by Gasteiger charge is -2.22. The van der Waals surface area contributed by atoms with Gasteiger partial charge in [0, 0.05) is 0 Å². The van der Waals surface area contributed by atoms with E-state index in [4.69, 9.17) is 5.11 Å². The van der Waals surface area contributed by atoms with Gasteiger partial charge in [0.2, 0.25) is 0 Å². The van der Waals surface area contributed by atoms with Crippen LogP contribution in [0.25, 0.3) is 0 Å². The molecule has 2 nitrogen and oxygen atoms in total. The van der Waals surface area contributed by atoms with Crippen LogP contribution in [0.2, 0.25) is 0 Å². The largest absolute Gasteiger partial charge is 0.495 e. The van der Waals surface area contributed by atoms with Crippen LogP contribution in [0, 0.1) is 6.42 Å². The van der Waals surface area contributed by atoms with Gasteiger partial charge in [-0.05, 0) is 6.58 Å². The number of nitrogens with zero attached hydrogens (tertiary/aromatic N) is 1. The smallest absolute Gasteiger partial charge is 0.179 e. The van der Waals surface area contributed by atoms with Gasteiger partial charge in [0.25, 0.3) is 0 Å². The summed E-state index contributed by atoms with van der Waals surface area (Å²) in [5, 5.41) is 8.89. The molecule has 0 saturated carbocycles. The first-order valence-corrected chi connectivity index (χ1v) is 3.25. The molecule has 50 valence electrons. The maximum absolute atomic E-state index is 8.89. The van der Waals surface area contributed by atoms with E-state index in [2.05, 4.69) is 13.0 Å². The third kappa shape index (κ3) is 1.56. The van der Waals surface area contributed by atoms with E-state index in [0.717, 1.165) is 25.9 Å². The lowest BCUT2D eigenvalue weighted by Crippen LogP contribution is -2.28. The zero-order chi connectivity index (χ0) is 6.69. The minimum absolute atomic E-state index is 0.211. The van der Waals surface area contributed by atoms with Gasteiger partial charge in [0.1, 0.15) is 12.8 Å². The summed E-state index contributed by atoms with van der Waals surface area (Å²) in [6.07, 6.45) is 4.37. The van der Waals surface area contributed by atoms with Crippen LogP contribution in [-0.4, -0.2) is 23.1 Å². The molecule has 0 aliphatic carbocycles. The number of aliphatic hydroxyl groups is 1. The van der Waals surface area contributed by atoms with Crippen molar-refractivity contribution in [3.05, 3.63) is 18.9 Å². The van der Waals surface area contributed by atoms with Crippen LogP contribution >= 0.6 is 0 Å². The molecule has 0 aromatic carbocycles. The van der Waals surface area contributed by atoms with Crippen LogP contribution in [0.4, 0.5) is 0 Å². The summed E-state index contributed by atoms with van der Waals surface area (Å²) in [6, 6.07) is 0. The van der Waals surface area contributed by atoms with Crippen LogP contribution in [0.3, 0.4) is 0 Å². The fraction of sp³-hybridized carbons (Fsp3) is 0.571. The topological polar surface area (TPSA) is 23.5 Å². The van der Waals surface area contributed by atoms with Crippen molar-refractivity contribution in [1.29, 1.82) is 0 Å². The van der Waals surface area contributed by atoms with E-state index in [0.29, 0.717) is 0 Å². The fourth-order valence-electron chi connectivity index (χ4n) is 1.01. The minimum Gasteiger partial charge on any atom is -0.495 e. The second kappa shape index (κ2) is 2.67. The molecule has 0 spiro atoms. The molecule has 0 atom stereocenters. The molecule has 0 unspecified atom stereocenters. The van der Waals surface area contributed by atoms with Gasteiger partial charge in [-0.1, -0.05) is 0 Å². The minimum atomic E-state index is 0.211. The molecule has 0 aromatic heterocycles. The van der Waals surface area contributed by atoms with Gasteiger partial charge in [0.15, 0.2) is 5.88 Å². The van der Waals surface area contributed by atoms with Gasteiger partial charge in [-0.25, -0.2) is 0 Å². The fourth-order valence-corrected chi connectivity index (χ4v) is 1.01. The van der Waals surface area contributed by atoms with Crippen molar-refractivity contribution in [3.63, 3.8) is 0 Å². The van der Waals surface area contributed by atoms with Crippen molar-refractivity contribution in [3.8, 4) is 0 Å². The third-order valence-corrected chi connectivity index (χ3v) is 1.57. The first-order chi connectivity index (χ1) is 4.30. The third-order valence-electron chi connectivity index (χ3n) is 1.57. The summed E-state index contributed by atoms with van der Waals surface area (Å²) in [7, 11) is 0. The Morgan fingerprint density at radius 1 is 1.44 bits per heavy atom. The highest BCUT2D eigenvalue weighted by atomic mass is 16.3. The molecule has 1 aliphatic heterocycles. The van der Waals surface area contributed by atoms with Gasteiger partial charge >= 0.3 is 0 Å². The Bertz CT molecular complexity index is 105. The quantitative estimate of drug-likeness (QED) is 0.423. The van der Waals surface area contributed by atoms with Crippen LogP contribution in [0.1, 0.15) is 12.8 Å². The average Bonchev–Trinajstić information content (AvgIpc) is 1.90. The van der Waals surface area contributed by atoms with E-state index in [9.17, 15) is 0 Å². The van der Waals surface area contributed by atoms with Crippen molar-refractivity contribution < 1.29 is 5.11 Å². The van der Waals surface area contributed by atoms with Crippen molar-refractivity contribution in [2.45, 2.75) is 12.8 Å². The molecule has 2 heteroatoms. The molecular weight excluding hydrogens is 114 g/mol. The molecule has 0 bridgehead atoms. The molecule has 1 fully saturated rings. The number of piperidine rings is 1. The van der Waals surface area contributed by atoms with E-state index < -0.39 is 0 Å². The Morgan fingerprint density at radius 2 is 2.00 bits per heavy atom. The second-order valence-corrected chi connectivity index (χ2v) is 2.27. The predicted octanol–water partition coefficient (Wildman–Crippen LogP) is 1.32. The van der Waals surface area contributed by atoms with Crippen LogP contribution in [0.5, 0.6) is 0 Å². The van der Waals surface area contributed by atoms with Crippen molar-refractivity contribution in [1.82, 2.24) is 4.90 Å². The number of rotatable bonds is 1. The van der Waals surface area contributed by atoms with E-state index in [1.54, 1.807) is 0 Å². The average molecular weight is 126 g/mol. The predicted molar refractivity (Wildman–Crippen MR) is 36.9 cm³/mol. The first kappa shape index (κ1) is 6.33. The SMILES string of the molecule is C=C(O)N1CC[CH+]CC1. The lowest BCUT2D eigenvalue weighted by atomic mass is 10.1. The van der Waals surface area contributed by atoms with Gasteiger partial charge in [-0.2, -0.15) is 0 Å². The Balaban J connectivity index is 2.31. The van der Waals surface area contributed by atoms with Crippen molar-refractivity contribution in [2.24, 2.45) is 0 Å². The molecule has 0 amide bonds. The molecule has 1 rings (SSSR count). The number of aliphatic hydroxyl groups excluding tert-OH is 1. The summed E-state index contributed by atoms with van der Waals surface area (Å²) in [5.74, 6) is 0.211. The van der Waals surface area contributed by atoms with Crippen LogP contribution < -0.4 is 0 Å². The highest BCUT2D eigenvalue weighted by Gasteiger charge is 2.15. The first-order valence-electron chi connectivity index (χ1n) is 3.25. The van der Waals surface area contributed by atoms with Gasteiger partial charge in [-0.15, -0.1) is 0 Å². The summed E-state index contributed by atoms with van der Waals surface area (Å²) in [4.78, 5) is 1.89. The molecule has 1 saturated heterocycles. The van der Waals surface area contributed by atoms with Crippen molar-refractivity contribution in [2.75, 3.05) is 13.1 Å². The zero-order valence-corrected chi connectivity index (χ0v) is 5.51. The number of hydrogen-bond donors (Lipinski definition) is 1. The Kier molecular flexibility index (Phi) is 1.88. The lowest BCUT2D eigenvalue weighted by molar-refractivity contribution is 0.191. The summed E-state index contributed by atoms with van der Waals surface area (Å²) in [5.41, 5.74) is 0. The number of likely N-dealkylation sites (tertiary alicyclic amines) is 1. The zero-order valence-electron chi connectivity index (χ0n) is 5.51. The van der Waals surface area contributed by atoms with Crippen molar-refractivity contribution >= 4 is 0 Å². The standard InChI is InChI=1S/C7H11NO/c1-7(9)8-5-3-2-4-6-8/h2H,1,3-6H2/p+1. The normalized spacial score (nSPS) is 18.9. The summed E-state index contributed by atoms with van der Waals surface area (Å²) in [6.45, 7) is 5.30. The van der Waals surface area contributed by atoms with Gasteiger partial charge in [0.05, 0.1) is 19.5 Å². The van der Waals surface area contributed by atoms with Crippen LogP contribution in [0.15, 0.2) is 12.5 Å². The summed E-state index contributed by atoms with van der Waals surface area (Å²) >= 11 is 0. The number of hydrogen-bond acceptors (Lipinski definition) is 2. The maximum atomic E-state index is 8.89. The van der Waals surface area contributed by atoms with Gasteiger partial charge in [-0.3, -0.25) is 0 Å². The Morgan fingerprint density at radius 3 is 2.33 bits per heavy atom. The van der Waals surface area contributed by atoms with Crippen LogP contribution in [-0.2, 0) is 0 Å². The molecular formula is C7H12NO+. The molecule has 1 aliphatic rings. The highest BCUT2D eigenvalue weighted by Crippen LogP contribution is 2.09. The highest BCUT2D eigenvalue weighted by molar-refractivity contribution is 4.87. The van der Waals surface area contributed by atoms with Gasteiger partial charge < -0.3 is 10.0 Å².